The van der Waals surface area contributed by atoms with Crippen LogP contribution in [-0.4, -0.2) is 39.0 Å². The number of ether oxygens (including phenoxy) is 1. The summed E-state index contributed by atoms with van der Waals surface area (Å²) in [4.78, 5) is 20.1. The normalized spacial score (nSPS) is 14.2. The molecule has 0 saturated heterocycles. The van der Waals surface area contributed by atoms with Crippen LogP contribution in [0, 0.1) is 6.92 Å². The highest BCUT2D eigenvalue weighted by Crippen LogP contribution is 2.52. The van der Waals surface area contributed by atoms with E-state index in [1.54, 1.807) is 36.4 Å². The first-order valence-corrected chi connectivity index (χ1v) is 13.4. The Morgan fingerprint density at radius 2 is 1.86 bits per heavy atom. The molecule has 2 aromatic carbocycles. The van der Waals surface area contributed by atoms with Crippen LogP contribution in [0.5, 0.6) is 5.75 Å². The molecule has 1 fully saturated rings. The molecule has 0 unspecified atom stereocenters. The number of nitrogens with one attached hydrogen (secondary N) is 1. The molecule has 0 radical (unpaired) electrons. The number of carbonyl (C=O) groups is 1. The number of benzene rings is 2. The molecule has 1 amide bonds. The lowest BCUT2D eigenvalue weighted by Gasteiger charge is -2.21. The summed E-state index contributed by atoms with van der Waals surface area (Å²) in [7, 11) is -4.15. The molecule has 1 aliphatic carbocycles. The number of hydrogen-bond donors (Lipinski definition) is 1. The number of sulfonamides is 1. The minimum absolute atomic E-state index is 0.0106. The first-order valence-electron chi connectivity index (χ1n) is 11.9. The van der Waals surface area contributed by atoms with Crippen molar-refractivity contribution in [3.8, 4) is 5.75 Å². The second-order valence-corrected chi connectivity index (χ2v) is 10.6. The Labute approximate surface area is 212 Å². The Balaban J connectivity index is 1.67. The van der Waals surface area contributed by atoms with E-state index in [-0.39, 0.29) is 4.90 Å². The number of pyridine rings is 1. The van der Waals surface area contributed by atoms with Gasteiger partial charge < -0.3 is 9.64 Å². The molecule has 7 nitrogen and oxygen atoms in total. The van der Waals surface area contributed by atoms with E-state index < -0.39 is 21.3 Å². The number of rotatable bonds is 11. The quantitative estimate of drug-likeness (QED) is 0.382. The van der Waals surface area contributed by atoms with Crippen molar-refractivity contribution in [3.63, 3.8) is 0 Å². The lowest BCUT2D eigenvalue weighted by molar-refractivity contribution is -0.121. The highest BCUT2D eigenvalue weighted by Gasteiger charge is 2.54. The molecule has 1 heterocycles. The maximum absolute atomic E-state index is 13.4. The molecule has 0 spiro atoms. The summed E-state index contributed by atoms with van der Waals surface area (Å²) in [5.74, 6) is 0.748. The monoisotopic (exact) mass is 505 g/mol. The molecule has 1 aromatic heterocycles. The van der Waals surface area contributed by atoms with E-state index in [2.05, 4.69) is 22.9 Å². The summed E-state index contributed by atoms with van der Waals surface area (Å²) in [5.41, 5.74) is 1.30. The third kappa shape index (κ3) is 4.86. The number of nitrogens with zero attached hydrogens (tertiary/aromatic N) is 2. The topological polar surface area (TPSA) is 88.6 Å². The molecule has 1 saturated carbocycles. The van der Waals surface area contributed by atoms with E-state index in [0.29, 0.717) is 55.0 Å². The minimum atomic E-state index is -4.15. The second-order valence-electron chi connectivity index (χ2n) is 8.92. The van der Waals surface area contributed by atoms with Gasteiger partial charge in [0.15, 0.2) is 0 Å². The molecule has 0 aliphatic heterocycles. The molecule has 0 bridgehead atoms. The Hall–Kier alpha value is -3.65. The molecule has 36 heavy (non-hydrogen) atoms. The lowest BCUT2D eigenvalue weighted by atomic mass is 9.93. The van der Waals surface area contributed by atoms with Crippen LogP contribution in [0.1, 0.15) is 30.9 Å². The molecule has 188 valence electrons. The van der Waals surface area contributed by atoms with E-state index in [1.807, 2.05) is 36.9 Å². The number of amides is 1. The van der Waals surface area contributed by atoms with Gasteiger partial charge in [-0.05, 0) is 57.0 Å². The number of fused-ring (bicyclic) bond motifs is 1. The van der Waals surface area contributed by atoms with E-state index in [0.717, 1.165) is 11.1 Å². The van der Waals surface area contributed by atoms with E-state index >= 15 is 0 Å². The van der Waals surface area contributed by atoms with Gasteiger partial charge in [0.25, 0.3) is 10.0 Å². The summed E-state index contributed by atoms with van der Waals surface area (Å²) in [6.07, 6.45) is 4.65. The molecule has 3 aromatic rings. The van der Waals surface area contributed by atoms with Gasteiger partial charge in [-0.2, -0.15) is 0 Å². The summed E-state index contributed by atoms with van der Waals surface area (Å²) in [6.45, 7) is 13.0. The molecule has 0 atom stereocenters. The largest absolute Gasteiger partial charge is 0.494 e. The first-order chi connectivity index (χ1) is 17.3. The first kappa shape index (κ1) is 25.4. The zero-order valence-electron chi connectivity index (χ0n) is 20.7. The Morgan fingerprint density at radius 1 is 1.14 bits per heavy atom. The number of aryl methyl sites for hydroxylation is 1. The van der Waals surface area contributed by atoms with Crippen LogP contribution in [0.3, 0.4) is 0 Å². The highest BCUT2D eigenvalue weighted by atomic mass is 32.2. The van der Waals surface area contributed by atoms with Crippen molar-refractivity contribution in [3.05, 3.63) is 85.0 Å². The maximum atomic E-state index is 13.4. The smallest absolute Gasteiger partial charge is 0.264 e. The van der Waals surface area contributed by atoms with Gasteiger partial charge in [0.1, 0.15) is 11.6 Å². The average Bonchev–Trinajstić information content (AvgIpc) is 3.66. The molecule has 1 aliphatic rings. The molecule has 4 rings (SSSR count). The average molecular weight is 506 g/mol. The van der Waals surface area contributed by atoms with Crippen molar-refractivity contribution in [2.75, 3.05) is 24.6 Å². The van der Waals surface area contributed by atoms with Crippen LogP contribution < -0.4 is 14.4 Å². The van der Waals surface area contributed by atoms with Crippen LogP contribution in [-0.2, 0) is 20.2 Å². The predicted molar refractivity (Wildman–Crippen MR) is 143 cm³/mol. The molecule has 1 N–H and O–H groups in total. The maximum Gasteiger partial charge on any atom is 0.264 e. The van der Waals surface area contributed by atoms with E-state index in [1.165, 1.54) is 6.07 Å². The van der Waals surface area contributed by atoms with E-state index in [4.69, 9.17) is 4.74 Å². The van der Waals surface area contributed by atoms with Crippen molar-refractivity contribution in [1.29, 1.82) is 0 Å². The Bertz CT molecular complexity index is 1420. The van der Waals surface area contributed by atoms with Gasteiger partial charge in [-0.1, -0.05) is 35.9 Å². The van der Waals surface area contributed by atoms with Crippen LogP contribution >= 0.6 is 0 Å². The second kappa shape index (κ2) is 10.1. The summed E-state index contributed by atoms with van der Waals surface area (Å²) in [6, 6.07) is 14.0. The van der Waals surface area contributed by atoms with Crippen molar-refractivity contribution in [1.82, 2.24) is 9.71 Å². The van der Waals surface area contributed by atoms with Crippen LogP contribution in [0.25, 0.3) is 10.9 Å². The van der Waals surface area contributed by atoms with Gasteiger partial charge in [0.05, 0.1) is 22.4 Å². The van der Waals surface area contributed by atoms with Crippen molar-refractivity contribution < 1.29 is 17.9 Å². The van der Waals surface area contributed by atoms with Crippen LogP contribution in [0.15, 0.2) is 78.7 Å². The third-order valence-corrected chi connectivity index (χ3v) is 7.74. The zero-order chi connectivity index (χ0) is 25.9. The van der Waals surface area contributed by atoms with Crippen molar-refractivity contribution in [2.45, 2.75) is 37.0 Å². The van der Waals surface area contributed by atoms with Crippen molar-refractivity contribution >= 4 is 32.7 Å². The lowest BCUT2D eigenvalue weighted by Crippen LogP contribution is -2.39. The molecular formula is C28H31N3O4S. The Kier molecular flexibility index (Phi) is 7.17. The predicted octanol–water partition coefficient (Wildman–Crippen LogP) is 4.66. The van der Waals surface area contributed by atoms with Gasteiger partial charge in [-0.25, -0.2) is 18.1 Å². The fraction of sp³-hybridized carbons (Fsp3) is 0.286. The van der Waals surface area contributed by atoms with E-state index in [9.17, 15) is 13.2 Å². The SMILES string of the molecule is C=CCN(CC=C)c1ccc2c(S(=O)(=O)NC(=O)C3(c4cc(C)ccc4OCC)CC3)cccc2n1. The number of carbonyl (C=O) groups excluding carboxylic acids is 1. The standard InChI is InChI=1S/C28H31N3O4S/c1-5-17-31(18-6-2)26-14-12-21-23(29-26)9-8-10-25(21)36(33,34)30-27(32)28(15-16-28)22-19-20(4)11-13-24(22)35-7-3/h5-6,8-14,19H,1-2,7,15-18H2,3-4H3,(H,30,32). The number of aromatic nitrogens is 1. The summed E-state index contributed by atoms with van der Waals surface area (Å²) in [5, 5.41) is 0.439. The highest BCUT2D eigenvalue weighted by molar-refractivity contribution is 7.90. The van der Waals surface area contributed by atoms with Gasteiger partial charge >= 0.3 is 0 Å². The Morgan fingerprint density at radius 3 is 2.50 bits per heavy atom. The molecular weight excluding hydrogens is 474 g/mol. The fourth-order valence-corrected chi connectivity index (χ4v) is 5.69. The minimum Gasteiger partial charge on any atom is -0.494 e. The third-order valence-electron chi connectivity index (χ3n) is 6.35. The van der Waals surface area contributed by atoms with Crippen molar-refractivity contribution in [2.24, 2.45) is 0 Å². The van der Waals surface area contributed by atoms with Gasteiger partial charge in [0, 0.05) is 24.0 Å². The van der Waals surface area contributed by atoms with Crippen LogP contribution in [0.2, 0.25) is 0 Å². The van der Waals surface area contributed by atoms with Gasteiger partial charge in [-0.3, -0.25) is 4.79 Å². The van der Waals surface area contributed by atoms with Gasteiger partial charge in [0.2, 0.25) is 5.91 Å². The van der Waals surface area contributed by atoms with Gasteiger partial charge in [-0.15, -0.1) is 13.2 Å². The fourth-order valence-electron chi connectivity index (χ4n) is 4.42. The zero-order valence-corrected chi connectivity index (χ0v) is 21.5. The number of anilines is 1. The summed E-state index contributed by atoms with van der Waals surface area (Å²) < 4.78 is 35.0. The summed E-state index contributed by atoms with van der Waals surface area (Å²) >= 11 is 0. The van der Waals surface area contributed by atoms with Crippen LogP contribution in [0.4, 0.5) is 5.82 Å². The number of hydrogen-bond acceptors (Lipinski definition) is 6. The molecule has 8 heteroatoms.